The Morgan fingerprint density at radius 2 is 1.81 bits per heavy atom. The second kappa shape index (κ2) is 8.58. The van der Waals surface area contributed by atoms with Crippen molar-refractivity contribution in [1.29, 1.82) is 0 Å². The monoisotopic (exact) mass is 471 g/mol. The van der Waals surface area contributed by atoms with Crippen LogP contribution >= 0.6 is 11.8 Å². The van der Waals surface area contributed by atoms with Crippen LogP contribution < -0.4 is 0 Å². The van der Waals surface area contributed by atoms with Crippen LogP contribution in [0.15, 0.2) is 57.4 Å². The summed E-state index contributed by atoms with van der Waals surface area (Å²) in [6.45, 7) is 3.57. The Kier molecular flexibility index (Phi) is 6.43. The first-order valence-electron chi connectivity index (χ1n) is 9.26. The molecule has 3 aromatic rings. The van der Waals surface area contributed by atoms with Crippen LogP contribution in [0.25, 0.3) is 5.52 Å². The number of sulfone groups is 1. The summed E-state index contributed by atoms with van der Waals surface area (Å²) in [6, 6.07) is 8.23. The van der Waals surface area contributed by atoms with Gasteiger partial charge < -0.3 is 9.14 Å². The fourth-order valence-corrected chi connectivity index (χ4v) is 4.82. The van der Waals surface area contributed by atoms with Gasteiger partial charge in [-0.25, -0.2) is 8.42 Å². The fraction of sp³-hybridized carbons (Fsp3) is 0.286. The molecule has 0 atom stereocenters. The third-order valence-electron chi connectivity index (χ3n) is 4.68. The number of benzene rings is 1. The largest absolute Gasteiger partial charge is 0.466 e. The van der Waals surface area contributed by atoms with E-state index in [0.29, 0.717) is 21.0 Å². The van der Waals surface area contributed by atoms with Gasteiger partial charge in [-0.3, -0.25) is 4.79 Å². The molecule has 0 saturated heterocycles. The van der Waals surface area contributed by atoms with Gasteiger partial charge in [0, 0.05) is 17.3 Å². The number of esters is 1. The van der Waals surface area contributed by atoms with Crippen LogP contribution in [-0.4, -0.2) is 31.7 Å². The molecule has 0 radical (unpaired) electrons. The van der Waals surface area contributed by atoms with Gasteiger partial charge in [-0.1, -0.05) is 11.8 Å². The van der Waals surface area contributed by atoms with E-state index in [4.69, 9.17) is 4.74 Å². The second-order valence-corrected chi connectivity index (χ2v) is 9.98. The number of ether oxygens (including phenoxy) is 1. The normalized spacial score (nSPS) is 12.3. The van der Waals surface area contributed by atoms with E-state index in [9.17, 15) is 26.4 Å². The van der Waals surface area contributed by atoms with Crippen molar-refractivity contribution in [2.24, 2.45) is 0 Å². The molecule has 0 fully saturated rings. The van der Waals surface area contributed by atoms with Gasteiger partial charge >= 0.3 is 12.1 Å². The van der Waals surface area contributed by atoms with E-state index in [1.807, 2.05) is 0 Å². The molecular formula is C21H20F3NO4S2. The molecule has 2 aromatic heterocycles. The predicted molar refractivity (Wildman–Crippen MR) is 111 cm³/mol. The minimum Gasteiger partial charge on any atom is -0.466 e. The number of hydrogen-bond donors (Lipinski definition) is 0. The molecule has 166 valence electrons. The number of nitrogens with zero attached hydrogens (tertiary/aromatic N) is 1. The van der Waals surface area contributed by atoms with Gasteiger partial charge in [0.25, 0.3) is 0 Å². The molecule has 0 bridgehead atoms. The quantitative estimate of drug-likeness (QED) is 0.477. The smallest absolute Gasteiger partial charge is 0.416 e. The van der Waals surface area contributed by atoms with Gasteiger partial charge in [-0.15, -0.1) is 0 Å². The third-order valence-corrected chi connectivity index (χ3v) is 7.01. The zero-order valence-corrected chi connectivity index (χ0v) is 18.6. The lowest BCUT2D eigenvalue weighted by Crippen LogP contribution is -2.09. The molecule has 0 unspecified atom stereocenters. The Bertz CT molecular complexity index is 1230. The summed E-state index contributed by atoms with van der Waals surface area (Å²) in [5, 5.41) is 0.634. The minimum atomic E-state index is -4.52. The summed E-state index contributed by atoms with van der Waals surface area (Å²) in [7, 11) is -3.34. The topological polar surface area (TPSA) is 64.9 Å². The molecule has 0 aliphatic carbocycles. The highest BCUT2D eigenvalue weighted by Gasteiger charge is 2.31. The molecule has 0 saturated carbocycles. The minimum absolute atomic E-state index is 0.155. The SMILES string of the molecule is CCOC(=O)Cc1c(C)c(Sc2ccc(S(C)(=O)=O)cc2)n2ccc(C(F)(F)F)cc12. The fourth-order valence-electron chi connectivity index (χ4n) is 3.16. The van der Waals surface area contributed by atoms with E-state index in [1.54, 1.807) is 30.4 Å². The lowest BCUT2D eigenvalue weighted by Gasteiger charge is -2.09. The zero-order chi connectivity index (χ0) is 23.0. The first-order valence-corrected chi connectivity index (χ1v) is 12.0. The number of rotatable bonds is 6. The van der Waals surface area contributed by atoms with Crippen LogP contribution in [0.5, 0.6) is 0 Å². The van der Waals surface area contributed by atoms with Crippen molar-refractivity contribution in [2.75, 3.05) is 12.9 Å². The first kappa shape index (κ1) is 23.2. The molecule has 10 heteroatoms. The van der Waals surface area contributed by atoms with Crippen LogP contribution in [0, 0.1) is 6.92 Å². The highest BCUT2D eigenvalue weighted by atomic mass is 32.2. The van der Waals surface area contributed by atoms with Crippen molar-refractivity contribution >= 4 is 33.1 Å². The van der Waals surface area contributed by atoms with Gasteiger partial charge in [0.2, 0.25) is 0 Å². The van der Waals surface area contributed by atoms with E-state index < -0.39 is 27.5 Å². The lowest BCUT2D eigenvalue weighted by atomic mass is 10.1. The van der Waals surface area contributed by atoms with Gasteiger partial charge in [0.15, 0.2) is 9.84 Å². The number of aromatic nitrogens is 1. The maximum Gasteiger partial charge on any atom is 0.416 e. The van der Waals surface area contributed by atoms with Crippen LogP contribution in [0.3, 0.4) is 0 Å². The molecule has 0 spiro atoms. The van der Waals surface area contributed by atoms with E-state index in [1.165, 1.54) is 30.1 Å². The molecule has 5 nitrogen and oxygen atoms in total. The third kappa shape index (κ3) is 5.07. The number of fused-ring (bicyclic) bond motifs is 1. The molecule has 3 rings (SSSR count). The van der Waals surface area contributed by atoms with Gasteiger partial charge in [-0.05, 0) is 61.4 Å². The molecule has 0 aliphatic heterocycles. The summed E-state index contributed by atoms with van der Waals surface area (Å²) >= 11 is 1.27. The van der Waals surface area contributed by atoms with Crippen LogP contribution in [0.4, 0.5) is 13.2 Å². The highest BCUT2D eigenvalue weighted by molar-refractivity contribution is 7.99. The summed E-state index contributed by atoms with van der Waals surface area (Å²) in [5.74, 6) is -0.524. The van der Waals surface area contributed by atoms with Crippen molar-refractivity contribution < 1.29 is 31.1 Å². The predicted octanol–water partition coefficient (Wildman–Crippen LogP) is 4.93. The van der Waals surface area contributed by atoms with Crippen LogP contribution in [0.2, 0.25) is 0 Å². The number of halogens is 3. The van der Waals surface area contributed by atoms with Crippen LogP contribution in [0.1, 0.15) is 23.6 Å². The molecule has 0 aliphatic rings. The molecule has 0 N–H and O–H groups in total. The lowest BCUT2D eigenvalue weighted by molar-refractivity contribution is -0.142. The summed E-state index contributed by atoms with van der Waals surface area (Å²) in [6.07, 6.45) is -2.24. The first-order chi connectivity index (χ1) is 14.4. The molecule has 0 amide bonds. The summed E-state index contributed by atoms with van der Waals surface area (Å²) in [4.78, 5) is 13.0. The number of carbonyl (C=O) groups is 1. The summed E-state index contributed by atoms with van der Waals surface area (Å²) in [5.41, 5.74) is 0.580. The van der Waals surface area contributed by atoms with Gasteiger partial charge in [0.05, 0.1) is 34.0 Å². The van der Waals surface area contributed by atoms with Crippen LogP contribution in [-0.2, 0) is 32.0 Å². The van der Waals surface area contributed by atoms with Crippen molar-refractivity contribution in [3.63, 3.8) is 0 Å². The Morgan fingerprint density at radius 1 is 1.16 bits per heavy atom. The standard InChI is InChI=1S/C21H20F3NO4S2/c1-4-29-19(26)12-17-13(2)20(25-10-9-14(11-18(17)25)21(22,23)24)30-15-5-7-16(8-6-15)31(3,27)28/h5-11H,4,12H2,1-3H3. The average Bonchev–Trinajstić information content (AvgIpc) is 2.92. The Labute approximate surface area is 182 Å². The Hall–Kier alpha value is -2.46. The molecule has 2 heterocycles. The van der Waals surface area contributed by atoms with Crippen molar-refractivity contribution in [2.45, 2.75) is 41.3 Å². The number of carbonyl (C=O) groups excluding carboxylic acids is 1. The van der Waals surface area contributed by atoms with Crippen molar-refractivity contribution in [1.82, 2.24) is 4.40 Å². The van der Waals surface area contributed by atoms with Gasteiger partial charge in [0.1, 0.15) is 0 Å². The summed E-state index contributed by atoms with van der Waals surface area (Å²) < 4.78 is 69.7. The second-order valence-electron chi connectivity index (χ2n) is 6.90. The molecular weight excluding hydrogens is 451 g/mol. The van der Waals surface area contributed by atoms with E-state index in [2.05, 4.69) is 0 Å². The average molecular weight is 472 g/mol. The van der Waals surface area contributed by atoms with E-state index >= 15 is 0 Å². The Balaban J connectivity index is 2.10. The number of alkyl halides is 3. The van der Waals surface area contributed by atoms with Crippen molar-refractivity contribution in [3.8, 4) is 0 Å². The molecule has 31 heavy (non-hydrogen) atoms. The highest BCUT2D eigenvalue weighted by Crippen LogP contribution is 2.38. The van der Waals surface area contributed by atoms with E-state index in [0.717, 1.165) is 18.4 Å². The van der Waals surface area contributed by atoms with Crippen molar-refractivity contribution in [3.05, 3.63) is 59.3 Å². The maximum atomic E-state index is 13.3. The zero-order valence-electron chi connectivity index (χ0n) is 17.0. The number of hydrogen-bond acceptors (Lipinski definition) is 5. The maximum absolute atomic E-state index is 13.3. The van der Waals surface area contributed by atoms with E-state index in [-0.39, 0.29) is 23.4 Å². The molecule has 1 aromatic carbocycles. The van der Waals surface area contributed by atoms with Gasteiger partial charge in [-0.2, -0.15) is 13.2 Å². The Morgan fingerprint density at radius 3 is 2.35 bits per heavy atom. The number of pyridine rings is 1.